The molecule has 1 saturated carbocycles. The Morgan fingerprint density at radius 2 is 1.82 bits per heavy atom. The van der Waals surface area contributed by atoms with Gasteiger partial charge in [0.25, 0.3) is 5.56 Å². The summed E-state index contributed by atoms with van der Waals surface area (Å²) in [7, 11) is 0. The number of aromatic nitrogens is 4. The van der Waals surface area contributed by atoms with Gasteiger partial charge in [-0.3, -0.25) is 4.79 Å². The van der Waals surface area contributed by atoms with E-state index >= 15 is 0 Å². The van der Waals surface area contributed by atoms with Gasteiger partial charge in [0, 0.05) is 11.3 Å². The first kappa shape index (κ1) is 16.9. The van der Waals surface area contributed by atoms with Crippen LogP contribution in [0, 0.1) is 13.8 Å². The molecule has 0 unspecified atom stereocenters. The zero-order chi connectivity index (χ0) is 19.3. The van der Waals surface area contributed by atoms with Gasteiger partial charge in [-0.2, -0.15) is 10.2 Å². The molecule has 0 saturated heterocycles. The Hall–Kier alpha value is -3.21. The normalized spacial score (nSPS) is 13.9. The summed E-state index contributed by atoms with van der Waals surface area (Å²) in [5, 5.41) is 10.2. The molecule has 2 heterocycles. The summed E-state index contributed by atoms with van der Waals surface area (Å²) in [4.78, 5) is 13.4. The number of benzene rings is 2. The molecule has 4 aromatic rings. The number of hydrogen-bond acceptors (Lipinski definition) is 3. The lowest BCUT2D eigenvalue weighted by atomic mass is 10.1. The maximum Gasteiger partial charge on any atom is 0.293 e. The highest BCUT2D eigenvalue weighted by Gasteiger charge is 2.30. The zero-order valence-corrected chi connectivity index (χ0v) is 16.1. The fourth-order valence-corrected chi connectivity index (χ4v) is 3.67. The van der Waals surface area contributed by atoms with Crippen molar-refractivity contribution in [3.8, 4) is 5.69 Å². The minimum absolute atomic E-state index is 0.0982. The topological polar surface area (TPSA) is 52.7 Å². The fourth-order valence-electron chi connectivity index (χ4n) is 3.67. The Kier molecular flexibility index (Phi) is 3.90. The summed E-state index contributed by atoms with van der Waals surface area (Å²) < 4.78 is 3.38. The summed E-state index contributed by atoms with van der Waals surface area (Å²) >= 11 is 0. The molecule has 0 N–H and O–H groups in total. The number of fused-ring (bicyclic) bond motifs is 1. The Morgan fingerprint density at radius 3 is 2.54 bits per heavy atom. The molecule has 0 amide bonds. The van der Waals surface area contributed by atoms with Crippen LogP contribution in [0.4, 0.5) is 0 Å². The van der Waals surface area contributed by atoms with Gasteiger partial charge in [-0.25, -0.2) is 9.36 Å². The van der Waals surface area contributed by atoms with Crippen molar-refractivity contribution in [1.82, 2.24) is 19.6 Å². The molecule has 0 spiro atoms. The summed E-state index contributed by atoms with van der Waals surface area (Å²) in [5.41, 5.74) is 5.91. The second-order valence-corrected chi connectivity index (χ2v) is 7.70. The van der Waals surface area contributed by atoms with Crippen molar-refractivity contribution in [1.29, 1.82) is 0 Å². The molecule has 2 aromatic heterocycles. The van der Waals surface area contributed by atoms with Crippen LogP contribution in [-0.2, 0) is 6.54 Å². The first-order chi connectivity index (χ1) is 13.6. The van der Waals surface area contributed by atoms with Crippen LogP contribution in [0.3, 0.4) is 0 Å². The Bertz CT molecular complexity index is 1230. The van der Waals surface area contributed by atoms with Gasteiger partial charge in [-0.15, -0.1) is 0 Å². The first-order valence-corrected chi connectivity index (χ1v) is 9.72. The minimum Gasteiger partial charge on any atom is -0.265 e. The van der Waals surface area contributed by atoms with Crippen LogP contribution >= 0.6 is 0 Å². The highest BCUT2D eigenvalue weighted by Crippen LogP contribution is 2.41. The third-order valence-electron chi connectivity index (χ3n) is 5.58. The molecule has 0 aliphatic heterocycles. The van der Waals surface area contributed by atoms with E-state index in [4.69, 9.17) is 5.10 Å². The highest BCUT2D eigenvalue weighted by atomic mass is 16.1. The molecule has 5 heteroatoms. The van der Waals surface area contributed by atoms with E-state index < -0.39 is 0 Å². The molecule has 28 heavy (non-hydrogen) atoms. The average Bonchev–Trinajstić information content (AvgIpc) is 3.45. The van der Waals surface area contributed by atoms with E-state index in [1.807, 2.05) is 36.4 Å². The third-order valence-corrected chi connectivity index (χ3v) is 5.58. The smallest absolute Gasteiger partial charge is 0.265 e. The van der Waals surface area contributed by atoms with Crippen molar-refractivity contribution in [3.63, 3.8) is 0 Å². The molecule has 0 bridgehead atoms. The zero-order valence-electron chi connectivity index (χ0n) is 16.1. The number of nitrogens with zero attached hydrogens (tertiary/aromatic N) is 4. The molecule has 0 radical (unpaired) electrons. The van der Waals surface area contributed by atoms with E-state index in [9.17, 15) is 4.79 Å². The summed E-state index contributed by atoms with van der Waals surface area (Å²) in [6.07, 6.45) is 4.06. The monoisotopic (exact) mass is 370 g/mol. The van der Waals surface area contributed by atoms with Crippen molar-refractivity contribution < 1.29 is 0 Å². The highest BCUT2D eigenvalue weighted by molar-refractivity contribution is 5.82. The lowest BCUT2D eigenvalue weighted by molar-refractivity contribution is 0.626. The van der Waals surface area contributed by atoms with Crippen molar-refractivity contribution in [2.75, 3.05) is 0 Å². The van der Waals surface area contributed by atoms with Crippen molar-refractivity contribution in [3.05, 3.63) is 87.5 Å². The third kappa shape index (κ3) is 2.83. The van der Waals surface area contributed by atoms with E-state index in [1.165, 1.54) is 11.1 Å². The van der Waals surface area contributed by atoms with Crippen molar-refractivity contribution >= 4 is 10.9 Å². The van der Waals surface area contributed by atoms with Gasteiger partial charge in [0.1, 0.15) is 5.52 Å². The quantitative estimate of drug-likeness (QED) is 0.543. The predicted molar refractivity (Wildman–Crippen MR) is 110 cm³/mol. The fraction of sp³-hybridized carbons (Fsp3) is 0.261. The number of aryl methyl sites for hydroxylation is 2. The Balaban J connectivity index is 1.73. The molecular weight excluding hydrogens is 348 g/mol. The second kappa shape index (κ2) is 6.44. The van der Waals surface area contributed by atoms with Crippen LogP contribution < -0.4 is 5.56 Å². The van der Waals surface area contributed by atoms with Crippen LogP contribution in [-0.4, -0.2) is 19.6 Å². The van der Waals surface area contributed by atoms with E-state index in [-0.39, 0.29) is 5.56 Å². The van der Waals surface area contributed by atoms with Gasteiger partial charge in [0.15, 0.2) is 0 Å². The van der Waals surface area contributed by atoms with E-state index in [0.29, 0.717) is 18.0 Å². The molecule has 1 aliphatic rings. The molecule has 0 atom stereocenters. The predicted octanol–water partition coefficient (Wildman–Crippen LogP) is 4.12. The first-order valence-electron chi connectivity index (χ1n) is 9.72. The van der Waals surface area contributed by atoms with E-state index in [2.05, 4.69) is 31.1 Å². The molecule has 5 nitrogen and oxygen atoms in total. The molecule has 5 rings (SSSR count). The molecule has 1 aliphatic carbocycles. The molecule has 2 aromatic carbocycles. The average molecular weight is 370 g/mol. The van der Waals surface area contributed by atoms with Gasteiger partial charge in [-0.05, 0) is 55.5 Å². The summed E-state index contributed by atoms with van der Waals surface area (Å²) in [5.74, 6) is 0.433. The molecule has 140 valence electrons. The maximum atomic E-state index is 13.4. The summed E-state index contributed by atoms with van der Waals surface area (Å²) in [6, 6.07) is 16.2. The minimum atomic E-state index is -0.0982. The standard InChI is InChI=1S/C23H22N4O/c1-15-8-11-19(12-16(15)2)27-22-20(13-24-27)21(18-9-10-18)25-26(23(22)28)14-17-6-4-3-5-7-17/h3-8,11-13,18H,9-10,14H2,1-2H3. The van der Waals surface area contributed by atoms with E-state index in [0.717, 1.165) is 35.2 Å². The Morgan fingerprint density at radius 1 is 1.04 bits per heavy atom. The maximum absolute atomic E-state index is 13.4. The van der Waals surface area contributed by atoms with Crippen LogP contribution in [0.1, 0.15) is 41.1 Å². The Labute approximate surface area is 163 Å². The van der Waals surface area contributed by atoms with Gasteiger partial charge in [0.05, 0.1) is 24.1 Å². The second-order valence-electron chi connectivity index (χ2n) is 7.70. The van der Waals surface area contributed by atoms with E-state index in [1.54, 1.807) is 15.6 Å². The van der Waals surface area contributed by atoms with Gasteiger partial charge in [0.2, 0.25) is 0 Å². The SMILES string of the molecule is Cc1ccc(-n2ncc3c(C4CC4)nn(Cc4ccccc4)c(=O)c32)cc1C. The molecule has 1 fully saturated rings. The number of hydrogen-bond donors (Lipinski definition) is 0. The van der Waals surface area contributed by atoms with Crippen molar-refractivity contribution in [2.24, 2.45) is 0 Å². The lowest BCUT2D eigenvalue weighted by Gasteiger charge is -2.11. The van der Waals surface area contributed by atoms with Gasteiger partial charge in [-0.1, -0.05) is 36.4 Å². The molecular formula is C23H22N4O. The lowest BCUT2D eigenvalue weighted by Crippen LogP contribution is -2.26. The summed E-state index contributed by atoms with van der Waals surface area (Å²) in [6.45, 7) is 4.63. The van der Waals surface area contributed by atoms with Crippen molar-refractivity contribution in [2.45, 2.75) is 39.2 Å². The number of rotatable bonds is 4. The van der Waals surface area contributed by atoms with Crippen LogP contribution in [0.25, 0.3) is 16.6 Å². The van der Waals surface area contributed by atoms with Crippen LogP contribution in [0.5, 0.6) is 0 Å². The van der Waals surface area contributed by atoms with Crippen LogP contribution in [0.15, 0.2) is 59.5 Å². The van der Waals surface area contributed by atoms with Gasteiger partial charge >= 0.3 is 0 Å². The van der Waals surface area contributed by atoms with Gasteiger partial charge < -0.3 is 0 Å². The van der Waals surface area contributed by atoms with Crippen LogP contribution in [0.2, 0.25) is 0 Å². The largest absolute Gasteiger partial charge is 0.293 e.